The molecule has 114 valence electrons. The standard InChI is InChI=1S/C12H14BrN3O2S3/c13-12-11(3-10(20-12)5-14-8-1-2-8)21(17,18)16-4-9-6-19-7-15-9/h3,6-8,14,16H,1-2,4-5H2. The lowest BCUT2D eigenvalue weighted by molar-refractivity contribution is 0.580. The second-order valence-electron chi connectivity index (χ2n) is 4.81. The number of nitrogens with zero attached hydrogens (tertiary/aromatic N) is 1. The topological polar surface area (TPSA) is 71.1 Å². The molecule has 0 aromatic carbocycles. The maximum Gasteiger partial charge on any atom is 0.242 e. The van der Waals surface area contributed by atoms with E-state index in [0.717, 1.165) is 17.1 Å². The zero-order chi connectivity index (χ0) is 14.9. The molecule has 0 aliphatic heterocycles. The summed E-state index contributed by atoms with van der Waals surface area (Å²) in [6.07, 6.45) is 2.43. The summed E-state index contributed by atoms with van der Waals surface area (Å²) in [6.45, 7) is 0.930. The minimum absolute atomic E-state index is 0.212. The molecular formula is C12H14BrN3O2S3. The molecule has 0 unspecified atom stereocenters. The summed E-state index contributed by atoms with van der Waals surface area (Å²) < 4.78 is 27.9. The molecule has 0 atom stereocenters. The summed E-state index contributed by atoms with van der Waals surface area (Å²) in [4.78, 5) is 5.39. The van der Waals surface area contributed by atoms with Crippen LogP contribution in [-0.2, 0) is 23.1 Å². The maximum atomic E-state index is 12.3. The van der Waals surface area contributed by atoms with Crippen molar-refractivity contribution in [2.24, 2.45) is 0 Å². The first-order chi connectivity index (χ1) is 10.0. The van der Waals surface area contributed by atoms with Gasteiger partial charge in [-0.1, -0.05) is 0 Å². The molecule has 0 bridgehead atoms. The van der Waals surface area contributed by atoms with E-state index in [1.807, 2.05) is 5.38 Å². The lowest BCUT2D eigenvalue weighted by Crippen LogP contribution is -2.23. The molecule has 0 radical (unpaired) electrons. The molecule has 0 saturated heterocycles. The van der Waals surface area contributed by atoms with Crippen LogP contribution in [0.3, 0.4) is 0 Å². The molecule has 1 aliphatic carbocycles. The van der Waals surface area contributed by atoms with Crippen molar-refractivity contribution >= 4 is 48.6 Å². The van der Waals surface area contributed by atoms with Crippen molar-refractivity contribution in [3.05, 3.63) is 31.3 Å². The lowest BCUT2D eigenvalue weighted by atomic mass is 10.4. The van der Waals surface area contributed by atoms with Crippen LogP contribution in [0.4, 0.5) is 0 Å². The van der Waals surface area contributed by atoms with Crippen LogP contribution in [0.2, 0.25) is 0 Å². The van der Waals surface area contributed by atoms with E-state index in [9.17, 15) is 8.42 Å². The molecule has 2 N–H and O–H groups in total. The molecule has 0 amide bonds. The van der Waals surface area contributed by atoms with E-state index >= 15 is 0 Å². The summed E-state index contributed by atoms with van der Waals surface area (Å²) in [5, 5.41) is 5.21. The lowest BCUT2D eigenvalue weighted by Gasteiger charge is -2.03. The average molecular weight is 408 g/mol. The second kappa shape index (κ2) is 6.43. The fourth-order valence-corrected chi connectivity index (χ4v) is 5.96. The fraction of sp³-hybridized carbons (Fsp3) is 0.417. The Balaban J connectivity index is 1.68. The van der Waals surface area contributed by atoms with Gasteiger partial charge in [-0.2, -0.15) is 0 Å². The molecular weight excluding hydrogens is 394 g/mol. The van der Waals surface area contributed by atoms with Gasteiger partial charge in [0.15, 0.2) is 0 Å². The van der Waals surface area contributed by atoms with Gasteiger partial charge in [0.05, 0.1) is 21.5 Å². The summed E-state index contributed by atoms with van der Waals surface area (Å²) in [5.74, 6) is 0. The zero-order valence-electron chi connectivity index (χ0n) is 11.0. The minimum atomic E-state index is -3.52. The summed E-state index contributed by atoms with van der Waals surface area (Å²) in [7, 11) is -3.52. The molecule has 2 heterocycles. The first-order valence-electron chi connectivity index (χ1n) is 6.43. The zero-order valence-corrected chi connectivity index (χ0v) is 15.0. The van der Waals surface area contributed by atoms with Gasteiger partial charge in [-0.25, -0.2) is 18.1 Å². The van der Waals surface area contributed by atoms with E-state index in [2.05, 4.69) is 31.0 Å². The van der Waals surface area contributed by atoms with Gasteiger partial charge in [0.1, 0.15) is 4.90 Å². The predicted octanol–water partition coefficient (Wildman–Crippen LogP) is 2.70. The van der Waals surface area contributed by atoms with Crippen LogP contribution in [-0.4, -0.2) is 19.4 Å². The smallest absolute Gasteiger partial charge is 0.242 e. The quantitative estimate of drug-likeness (QED) is 0.739. The Morgan fingerprint density at radius 3 is 2.86 bits per heavy atom. The van der Waals surface area contributed by atoms with E-state index in [-0.39, 0.29) is 6.54 Å². The van der Waals surface area contributed by atoms with E-state index < -0.39 is 10.0 Å². The molecule has 1 fully saturated rings. The Hall–Kier alpha value is -0.320. The Morgan fingerprint density at radius 2 is 2.19 bits per heavy atom. The highest BCUT2D eigenvalue weighted by molar-refractivity contribution is 9.11. The van der Waals surface area contributed by atoms with Crippen molar-refractivity contribution in [2.45, 2.75) is 36.9 Å². The highest BCUT2D eigenvalue weighted by Gasteiger charge is 2.23. The third-order valence-corrected chi connectivity index (χ3v) is 7.35. The van der Waals surface area contributed by atoms with Crippen molar-refractivity contribution in [1.29, 1.82) is 0 Å². The molecule has 21 heavy (non-hydrogen) atoms. The Labute approximate surface area is 140 Å². The number of hydrogen-bond acceptors (Lipinski definition) is 6. The van der Waals surface area contributed by atoms with E-state index in [0.29, 0.717) is 14.7 Å². The van der Waals surface area contributed by atoms with Gasteiger partial charge in [-0.15, -0.1) is 22.7 Å². The monoisotopic (exact) mass is 407 g/mol. The summed E-state index contributed by atoms with van der Waals surface area (Å²) in [5.41, 5.74) is 2.41. The number of thiazole rings is 1. The van der Waals surface area contributed by atoms with Gasteiger partial charge in [0.25, 0.3) is 0 Å². The molecule has 5 nitrogen and oxygen atoms in total. The predicted molar refractivity (Wildman–Crippen MR) is 88.0 cm³/mol. The largest absolute Gasteiger partial charge is 0.309 e. The number of aromatic nitrogens is 1. The van der Waals surface area contributed by atoms with Crippen LogP contribution in [0.5, 0.6) is 0 Å². The van der Waals surface area contributed by atoms with Crippen LogP contribution >= 0.6 is 38.6 Å². The van der Waals surface area contributed by atoms with Gasteiger partial charge < -0.3 is 5.32 Å². The molecule has 2 aromatic heterocycles. The summed E-state index contributed by atoms with van der Waals surface area (Å²) in [6, 6.07) is 2.33. The van der Waals surface area contributed by atoms with Crippen LogP contribution in [0.25, 0.3) is 0 Å². The van der Waals surface area contributed by atoms with Crippen LogP contribution in [0.15, 0.2) is 25.6 Å². The maximum absolute atomic E-state index is 12.3. The van der Waals surface area contributed by atoms with Crippen LogP contribution < -0.4 is 10.0 Å². The molecule has 9 heteroatoms. The Bertz CT molecular complexity index is 708. The Kier molecular flexibility index (Phi) is 4.77. The number of rotatable bonds is 7. The first kappa shape index (κ1) is 15.6. The second-order valence-corrected chi connectivity index (χ2v) is 9.72. The van der Waals surface area contributed by atoms with Gasteiger partial charge in [-0.3, -0.25) is 0 Å². The third kappa shape index (κ3) is 4.11. The number of thiophene rings is 1. The highest BCUT2D eigenvalue weighted by Crippen LogP contribution is 2.32. The molecule has 3 rings (SSSR count). The van der Waals surface area contributed by atoms with Crippen LogP contribution in [0.1, 0.15) is 23.4 Å². The van der Waals surface area contributed by atoms with Gasteiger partial charge in [-0.05, 0) is 34.8 Å². The number of hydrogen-bond donors (Lipinski definition) is 2. The molecule has 1 aliphatic rings. The summed E-state index contributed by atoms with van der Waals surface area (Å²) >= 11 is 6.26. The van der Waals surface area contributed by atoms with Gasteiger partial charge >= 0.3 is 0 Å². The van der Waals surface area contributed by atoms with Crippen LogP contribution in [0, 0.1) is 0 Å². The number of sulfonamides is 1. The highest BCUT2D eigenvalue weighted by atomic mass is 79.9. The van der Waals surface area contributed by atoms with Crippen molar-refractivity contribution < 1.29 is 8.42 Å². The average Bonchev–Trinajstić information content (AvgIpc) is 2.97. The van der Waals surface area contributed by atoms with Gasteiger partial charge in [0, 0.05) is 22.8 Å². The number of nitrogens with one attached hydrogen (secondary N) is 2. The van der Waals surface area contributed by atoms with Gasteiger partial charge in [0.2, 0.25) is 10.0 Å². The fourth-order valence-electron chi connectivity index (χ4n) is 1.77. The first-order valence-corrected chi connectivity index (χ1v) is 10.5. The van der Waals surface area contributed by atoms with Crippen molar-refractivity contribution in [3.8, 4) is 0 Å². The van der Waals surface area contributed by atoms with Crippen molar-refractivity contribution in [2.75, 3.05) is 0 Å². The van der Waals surface area contributed by atoms with E-state index in [4.69, 9.17) is 0 Å². The SMILES string of the molecule is O=S(=O)(NCc1cscn1)c1cc(CNC2CC2)sc1Br. The molecule has 1 saturated carbocycles. The van der Waals surface area contributed by atoms with E-state index in [1.165, 1.54) is 35.5 Å². The normalized spacial score (nSPS) is 15.5. The van der Waals surface area contributed by atoms with E-state index in [1.54, 1.807) is 11.6 Å². The van der Waals surface area contributed by atoms with Crippen molar-refractivity contribution in [1.82, 2.24) is 15.0 Å². The minimum Gasteiger partial charge on any atom is -0.309 e. The molecule has 0 spiro atoms. The third-order valence-electron chi connectivity index (χ3n) is 3.07. The molecule has 2 aromatic rings. The Morgan fingerprint density at radius 1 is 1.38 bits per heavy atom. The van der Waals surface area contributed by atoms with Crippen molar-refractivity contribution in [3.63, 3.8) is 0 Å². The number of halogens is 1.